The summed E-state index contributed by atoms with van der Waals surface area (Å²) in [6, 6.07) is 27.4. The number of fused-ring (bicyclic) bond motifs is 1. The van der Waals surface area contributed by atoms with Crippen molar-refractivity contribution in [2.75, 3.05) is 0 Å². The van der Waals surface area contributed by atoms with Crippen LogP contribution in [-0.4, -0.2) is 15.2 Å². The van der Waals surface area contributed by atoms with E-state index in [2.05, 4.69) is 21.2 Å². The van der Waals surface area contributed by atoms with Gasteiger partial charge in [0.25, 0.3) is 0 Å². The standard InChI is InChI=1S/C26H18ClN3O2/c27-21-10-7-19(8-11-21)24(26-30-28-17-32-26)15-18-5-13-23(14-6-18)31-16-22-12-9-20-3-1-2-4-25(20)29-22/h1-15,17H,16H2/b24-15-. The molecule has 2 aromatic heterocycles. The summed E-state index contributed by atoms with van der Waals surface area (Å²) in [6.45, 7) is 0.401. The predicted octanol–water partition coefficient (Wildman–Crippen LogP) is 6.44. The van der Waals surface area contributed by atoms with Gasteiger partial charge in [-0.05, 0) is 53.6 Å². The summed E-state index contributed by atoms with van der Waals surface area (Å²) in [7, 11) is 0. The highest BCUT2D eigenvalue weighted by Gasteiger charge is 2.11. The summed E-state index contributed by atoms with van der Waals surface area (Å²) < 4.78 is 11.4. The molecule has 0 saturated heterocycles. The lowest BCUT2D eigenvalue weighted by Crippen LogP contribution is -1.98. The largest absolute Gasteiger partial charge is 0.487 e. The summed E-state index contributed by atoms with van der Waals surface area (Å²) in [5.41, 5.74) is 4.57. The monoisotopic (exact) mass is 439 g/mol. The van der Waals surface area contributed by atoms with E-state index in [-0.39, 0.29) is 0 Å². The molecular formula is C26H18ClN3O2. The van der Waals surface area contributed by atoms with Crippen molar-refractivity contribution in [3.8, 4) is 5.75 Å². The van der Waals surface area contributed by atoms with Crippen molar-refractivity contribution < 1.29 is 9.15 Å². The van der Waals surface area contributed by atoms with Gasteiger partial charge in [-0.25, -0.2) is 4.98 Å². The van der Waals surface area contributed by atoms with Gasteiger partial charge < -0.3 is 9.15 Å². The minimum absolute atomic E-state index is 0.401. The molecule has 156 valence electrons. The first-order chi connectivity index (χ1) is 15.7. The van der Waals surface area contributed by atoms with E-state index in [4.69, 9.17) is 20.8 Å². The number of aromatic nitrogens is 3. The number of pyridine rings is 1. The molecule has 0 atom stereocenters. The third kappa shape index (κ3) is 4.53. The number of ether oxygens (including phenoxy) is 1. The molecule has 5 nitrogen and oxygen atoms in total. The smallest absolute Gasteiger partial charge is 0.248 e. The molecule has 5 aromatic rings. The Hall–Kier alpha value is -3.96. The highest BCUT2D eigenvalue weighted by molar-refractivity contribution is 6.30. The van der Waals surface area contributed by atoms with Gasteiger partial charge in [-0.15, -0.1) is 10.2 Å². The Labute approximate surface area is 190 Å². The molecule has 3 aromatic carbocycles. The molecule has 0 radical (unpaired) electrons. The van der Waals surface area contributed by atoms with Crippen LogP contribution in [0.2, 0.25) is 5.02 Å². The third-order valence-corrected chi connectivity index (χ3v) is 5.23. The van der Waals surface area contributed by atoms with Crippen LogP contribution in [0.1, 0.15) is 22.7 Å². The number of benzene rings is 3. The van der Waals surface area contributed by atoms with Crippen LogP contribution < -0.4 is 4.74 Å². The second-order valence-corrected chi connectivity index (χ2v) is 7.60. The number of nitrogens with zero attached hydrogens (tertiary/aromatic N) is 3. The van der Waals surface area contributed by atoms with Crippen LogP contribution in [0, 0.1) is 0 Å². The average Bonchev–Trinajstić information content (AvgIpc) is 3.37. The lowest BCUT2D eigenvalue weighted by atomic mass is 10.0. The van der Waals surface area contributed by atoms with Crippen LogP contribution >= 0.6 is 11.6 Å². The molecule has 0 saturated carbocycles. The van der Waals surface area contributed by atoms with Crippen LogP contribution in [-0.2, 0) is 6.61 Å². The first-order valence-electron chi connectivity index (χ1n) is 10.1. The minimum atomic E-state index is 0.401. The summed E-state index contributed by atoms with van der Waals surface area (Å²) in [5, 5.41) is 9.65. The van der Waals surface area contributed by atoms with Gasteiger partial charge in [0.15, 0.2) is 0 Å². The normalized spacial score (nSPS) is 11.6. The SMILES string of the molecule is Clc1ccc(/C(=C/c2ccc(OCc3ccc4ccccc4n3)cc2)c2nnco2)cc1. The van der Waals surface area contributed by atoms with Crippen molar-refractivity contribution in [3.63, 3.8) is 0 Å². The molecule has 0 N–H and O–H groups in total. The maximum atomic E-state index is 6.03. The van der Waals surface area contributed by atoms with Crippen molar-refractivity contribution in [1.82, 2.24) is 15.2 Å². The van der Waals surface area contributed by atoms with Gasteiger partial charge in [-0.2, -0.15) is 0 Å². The molecule has 0 aliphatic heterocycles. The van der Waals surface area contributed by atoms with Crippen molar-refractivity contribution in [1.29, 1.82) is 0 Å². The quantitative estimate of drug-likeness (QED) is 0.285. The van der Waals surface area contributed by atoms with Crippen LogP contribution in [0.4, 0.5) is 0 Å². The molecule has 32 heavy (non-hydrogen) atoms. The lowest BCUT2D eigenvalue weighted by molar-refractivity contribution is 0.302. The van der Waals surface area contributed by atoms with Crippen LogP contribution in [0.15, 0.2) is 95.7 Å². The van der Waals surface area contributed by atoms with Gasteiger partial charge in [0.2, 0.25) is 12.3 Å². The van der Waals surface area contributed by atoms with Gasteiger partial charge in [0.1, 0.15) is 12.4 Å². The molecule has 0 spiro atoms. The maximum absolute atomic E-state index is 6.03. The van der Waals surface area contributed by atoms with Gasteiger partial charge >= 0.3 is 0 Å². The topological polar surface area (TPSA) is 61.0 Å². The summed E-state index contributed by atoms with van der Waals surface area (Å²) in [6.07, 6.45) is 3.31. The zero-order valence-electron chi connectivity index (χ0n) is 17.0. The Balaban J connectivity index is 1.34. The third-order valence-electron chi connectivity index (χ3n) is 4.98. The van der Waals surface area contributed by atoms with Crippen LogP contribution in [0.25, 0.3) is 22.6 Å². The molecule has 0 aliphatic carbocycles. The Bertz CT molecular complexity index is 1360. The fraction of sp³-hybridized carbons (Fsp3) is 0.0385. The van der Waals surface area contributed by atoms with Crippen molar-refractivity contribution in [3.05, 3.63) is 119 Å². The van der Waals surface area contributed by atoms with E-state index in [1.165, 1.54) is 6.39 Å². The highest BCUT2D eigenvalue weighted by atomic mass is 35.5. The first-order valence-corrected chi connectivity index (χ1v) is 10.4. The molecule has 0 fully saturated rings. The van der Waals surface area contributed by atoms with Crippen molar-refractivity contribution in [2.45, 2.75) is 6.61 Å². The summed E-state index contributed by atoms with van der Waals surface area (Å²) in [4.78, 5) is 4.65. The highest BCUT2D eigenvalue weighted by Crippen LogP contribution is 2.26. The first kappa shape index (κ1) is 20.0. The van der Waals surface area contributed by atoms with E-state index in [0.717, 1.165) is 39.0 Å². The van der Waals surface area contributed by atoms with Gasteiger partial charge in [-0.1, -0.05) is 60.1 Å². The van der Waals surface area contributed by atoms with Gasteiger partial charge in [-0.3, -0.25) is 0 Å². The second kappa shape index (κ2) is 9.04. The molecule has 0 amide bonds. The Morgan fingerprint density at radius 3 is 2.50 bits per heavy atom. The van der Waals surface area contributed by atoms with E-state index in [0.29, 0.717) is 17.5 Å². The van der Waals surface area contributed by atoms with E-state index < -0.39 is 0 Å². The Morgan fingerprint density at radius 1 is 0.906 bits per heavy atom. The maximum Gasteiger partial charge on any atom is 0.248 e. The van der Waals surface area contributed by atoms with Crippen LogP contribution in [0.5, 0.6) is 5.75 Å². The molecule has 0 unspecified atom stereocenters. The predicted molar refractivity (Wildman–Crippen MR) is 125 cm³/mol. The Morgan fingerprint density at radius 2 is 1.72 bits per heavy atom. The number of hydrogen-bond donors (Lipinski definition) is 0. The zero-order chi connectivity index (χ0) is 21.8. The summed E-state index contributed by atoms with van der Waals surface area (Å²) in [5.74, 6) is 1.21. The average molecular weight is 440 g/mol. The fourth-order valence-corrected chi connectivity index (χ4v) is 3.49. The summed E-state index contributed by atoms with van der Waals surface area (Å²) >= 11 is 6.03. The second-order valence-electron chi connectivity index (χ2n) is 7.16. The number of rotatable bonds is 6. The van der Waals surface area contributed by atoms with E-state index in [1.807, 2.05) is 84.9 Å². The lowest BCUT2D eigenvalue weighted by Gasteiger charge is -2.08. The van der Waals surface area contributed by atoms with E-state index >= 15 is 0 Å². The minimum Gasteiger partial charge on any atom is -0.487 e. The van der Waals surface area contributed by atoms with E-state index in [1.54, 1.807) is 0 Å². The molecule has 0 aliphatic rings. The Kier molecular flexibility index (Phi) is 5.64. The molecule has 2 heterocycles. The fourth-order valence-electron chi connectivity index (χ4n) is 3.36. The van der Waals surface area contributed by atoms with Gasteiger partial charge in [0.05, 0.1) is 11.2 Å². The van der Waals surface area contributed by atoms with Crippen LogP contribution in [0.3, 0.4) is 0 Å². The molecular weight excluding hydrogens is 422 g/mol. The zero-order valence-corrected chi connectivity index (χ0v) is 17.7. The van der Waals surface area contributed by atoms with E-state index in [9.17, 15) is 0 Å². The number of halogens is 1. The van der Waals surface area contributed by atoms with Crippen molar-refractivity contribution in [2.24, 2.45) is 0 Å². The molecule has 6 heteroatoms. The molecule has 0 bridgehead atoms. The van der Waals surface area contributed by atoms with Crippen molar-refractivity contribution >= 4 is 34.2 Å². The van der Waals surface area contributed by atoms with Gasteiger partial charge in [0, 0.05) is 16.0 Å². The number of para-hydroxylation sites is 1. The molecule has 5 rings (SSSR count). The number of hydrogen-bond acceptors (Lipinski definition) is 5.